The summed E-state index contributed by atoms with van der Waals surface area (Å²) in [6.07, 6.45) is 3.26. The summed E-state index contributed by atoms with van der Waals surface area (Å²) < 4.78 is 11.5. The van der Waals surface area contributed by atoms with Gasteiger partial charge in [-0.1, -0.05) is 12.1 Å². The van der Waals surface area contributed by atoms with Crippen LogP contribution >= 0.6 is 0 Å². The van der Waals surface area contributed by atoms with E-state index in [1.807, 2.05) is 58.2 Å². The molecule has 0 saturated heterocycles. The van der Waals surface area contributed by atoms with Gasteiger partial charge in [0.25, 0.3) is 0 Å². The zero-order chi connectivity index (χ0) is 18.0. The molecule has 132 valence electrons. The molecule has 0 spiro atoms. The maximum atomic E-state index is 12.6. The predicted octanol–water partition coefficient (Wildman–Crippen LogP) is 4.27. The average Bonchev–Trinajstić information content (AvgIpc) is 2.73. The molecule has 0 aliphatic carbocycles. The molecule has 1 amide bonds. The van der Waals surface area contributed by atoms with Crippen molar-refractivity contribution < 1.29 is 14.3 Å². The Labute approximate surface area is 148 Å². The van der Waals surface area contributed by atoms with Crippen LogP contribution < -0.4 is 4.74 Å². The molecule has 0 N–H and O–H groups in total. The van der Waals surface area contributed by atoms with E-state index < -0.39 is 5.60 Å². The van der Waals surface area contributed by atoms with Crippen molar-refractivity contribution in [2.24, 2.45) is 0 Å². The number of rotatable bonds is 1. The summed E-state index contributed by atoms with van der Waals surface area (Å²) in [7, 11) is 0. The van der Waals surface area contributed by atoms with Crippen molar-refractivity contribution in [2.75, 3.05) is 6.61 Å². The van der Waals surface area contributed by atoms with Crippen LogP contribution in [0, 0.1) is 0 Å². The Bertz CT molecular complexity index is 753. The van der Waals surface area contributed by atoms with Crippen LogP contribution in [0.3, 0.4) is 0 Å². The molecule has 3 rings (SSSR count). The number of fused-ring (bicyclic) bond motifs is 1. The third kappa shape index (κ3) is 4.10. The molecule has 0 radical (unpaired) electrons. The van der Waals surface area contributed by atoms with Crippen molar-refractivity contribution in [2.45, 2.75) is 45.9 Å². The molecule has 1 aromatic heterocycles. The first-order valence-corrected chi connectivity index (χ1v) is 8.49. The Balaban J connectivity index is 1.89. The fraction of sp³-hybridized carbons (Fsp3) is 0.400. The van der Waals surface area contributed by atoms with Gasteiger partial charge >= 0.3 is 6.09 Å². The van der Waals surface area contributed by atoms with Gasteiger partial charge in [-0.15, -0.1) is 0 Å². The number of aromatic nitrogens is 1. The lowest BCUT2D eigenvalue weighted by molar-refractivity contribution is 0.0133. The number of amides is 1. The first kappa shape index (κ1) is 17.3. The van der Waals surface area contributed by atoms with Crippen LogP contribution in [0.25, 0.3) is 11.1 Å². The van der Waals surface area contributed by atoms with Gasteiger partial charge in [-0.2, -0.15) is 0 Å². The molecule has 5 nitrogen and oxygen atoms in total. The molecule has 25 heavy (non-hydrogen) atoms. The Kier molecular flexibility index (Phi) is 4.66. The maximum absolute atomic E-state index is 12.6. The van der Waals surface area contributed by atoms with E-state index in [2.05, 4.69) is 11.1 Å². The summed E-state index contributed by atoms with van der Waals surface area (Å²) in [5.41, 5.74) is 2.53. The van der Waals surface area contributed by atoms with Crippen molar-refractivity contribution in [3.63, 3.8) is 0 Å². The standard InChI is InChI=1S/C20H24N2O3/c1-14-13-24-18-8-7-15(16-6-5-9-21-11-16)10-17(18)12-22(14)19(23)25-20(2,3)4/h5-11,14H,12-13H2,1-4H3/t14-/m0/s1. The maximum Gasteiger partial charge on any atom is 0.410 e. The molecule has 0 unspecified atom stereocenters. The summed E-state index contributed by atoms with van der Waals surface area (Å²) in [6.45, 7) is 8.49. The van der Waals surface area contributed by atoms with Gasteiger partial charge in [-0.25, -0.2) is 4.79 Å². The molecule has 0 bridgehead atoms. The zero-order valence-corrected chi connectivity index (χ0v) is 15.2. The molecule has 2 aromatic rings. The van der Waals surface area contributed by atoms with E-state index in [1.165, 1.54) is 0 Å². The molecule has 0 saturated carbocycles. The van der Waals surface area contributed by atoms with Crippen molar-refractivity contribution >= 4 is 6.09 Å². The van der Waals surface area contributed by atoms with Gasteiger partial charge in [-0.05, 0) is 51.5 Å². The van der Waals surface area contributed by atoms with Gasteiger partial charge in [-0.3, -0.25) is 9.88 Å². The highest BCUT2D eigenvalue weighted by molar-refractivity contribution is 5.70. The van der Waals surface area contributed by atoms with Crippen LogP contribution in [0.4, 0.5) is 4.79 Å². The SMILES string of the molecule is C[C@H]1COc2ccc(-c3cccnc3)cc2CN1C(=O)OC(C)(C)C. The van der Waals surface area contributed by atoms with Crippen LogP contribution in [-0.4, -0.2) is 34.2 Å². The van der Waals surface area contributed by atoms with Gasteiger partial charge in [0, 0.05) is 23.5 Å². The average molecular weight is 340 g/mol. The predicted molar refractivity (Wildman–Crippen MR) is 96.4 cm³/mol. The van der Waals surface area contributed by atoms with Gasteiger partial charge < -0.3 is 9.47 Å². The van der Waals surface area contributed by atoms with Crippen LogP contribution in [0.2, 0.25) is 0 Å². The summed E-state index contributed by atoms with van der Waals surface area (Å²) in [4.78, 5) is 18.5. The van der Waals surface area contributed by atoms with Crippen LogP contribution in [0.15, 0.2) is 42.7 Å². The third-order valence-electron chi connectivity index (χ3n) is 4.04. The Morgan fingerprint density at radius 3 is 2.76 bits per heavy atom. The molecule has 1 atom stereocenters. The normalized spacial score (nSPS) is 17.3. The van der Waals surface area contributed by atoms with Crippen molar-refractivity contribution in [1.29, 1.82) is 0 Å². The first-order valence-electron chi connectivity index (χ1n) is 8.49. The molecular formula is C20H24N2O3. The Morgan fingerprint density at radius 1 is 1.28 bits per heavy atom. The second-order valence-corrected chi connectivity index (χ2v) is 7.33. The second kappa shape index (κ2) is 6.75. The fourth-order valence-electron chi connectivity index (χ4n) is 2.76. The first-order chi connectivity index (χ1) is 11.8. The van der Waals surface area contributed by atoms with E-state index in [1.54, 1.807) is 11.1 Å². The van der Waals surface area contributed by atoms with Crippen molar-refractivity contribution in [3.05, 3.63) is 48.3 Å². The van der Waals surface area contributed by atoms with Gasteiger partial charge in [0.05, 0.1) is 12.6 Å². The number of pyridine rings is 1. The highest BCUT2D eigenvalue weighted by atomic mass is 16.6. The third-order valence-corrected chi connectivity index (χ3v) is 4.04. The molecule has 1 aliphatic heterocycles. The molecular weight excluding hydrogens is 316 g/mol. The minimum Gasteiger partial charge on any atom is -0.491 e. The van der Waals surface area contributed by atoms with E-state index in [-0.39, 0.29) is 12.1 Å². The molecule has 1 aromatic carbocycles. The lowest BCUT2D eigenvalue weighted by Crippen LogP contribution is -2.42. The van der Waals surface area contributed by atoms with Crippen molar-refractivity contribution in [1.82, 2.24) is 9.88 Å². The number of ether oxygens (including phenoxy) is 2. The lowest BCUT2D eigenvalue weighted by atomic mass is 10.0. The second-order valence-electron chi connectivity index (χ2n) is 7.33. The monoisotopic (exact) mass is 340 g/mol. The van der Waals surface area contributed by atoms with Crippen LogP contribution in [0.1, 0.15) is 33.3 Å². The Morgan fingerprint density at radius 2 is 2.08 bits per heavy atom. The highest BCUT2D eigenvalue weighted by Gasteiger charge is 2.29. The van der Waals surface area contributed by atoms with Crippen molar-refractivity contribution in [3.8, 4) is 16.9 Å². The number of carbonyl (C=O) groups is 1. The number of carbonyl (C=O) groups excluding carboxylic acids is 1. The fourth-order valence-corrected chi connectivity index (χ4v) is 2.76. The molecule has 5 heteroatoms. The number of nitrogens with zero attached hydrogens (tertiary/aromatic N) is 2. The van der Waals surface area contributed by atoms with Gasteiger partial charge in [0.15, 0.2) is 0 Å². The van der Waals surface area contributed by atoms with Crippen LogP contribution in [-0.2, 0) is 11.3 Å². The van der Waals surface area contributed by atoms with Gasteiger partial charge in [0.2, 0.25) is 0 Å². The summed E-state index contributed by atoms with van der Waals surface area (Å²) in [5.74, 6) is 0.811. The number of hydrogen-bond acceptors (Lipinski definition) is 4. The van der Waals surface area contributed by atoms with E-state index in [9.17, 15) is 4.79 Å². The van der Waals surface area contributed by atoms with E-state index >= 15 is 0 Å². The highest BCUT2D eigenvalue weighted by Crippen LogP contribution is 2.30. The van der Waals surface area contributed by atoms with Gasteiger partial charge in [0.1, 0.15) is 18.0 Å². The molecule has 0 fully saturated rings. The Hall–Kier alpha value is -2.56. The minimum absolute atomic E-state index is 0.0657. The largest absolute Gasteiger partial charge is 0.491 e. The van der Waals surface area contributed by atoms with E-state index in [0.29, 0.717) is 13.2 Å². The zero-order valence-electron chi connectivity index (χ0n) is 15.2. The molecule has 2 heterocycles. The lowest BCUT2D eigenvalue weighted by Gasteiger charge is -2.29. The van der Waals surface area contributed by atoms with Crippen LogP contribution in [0.5, 0.6) is 5.75 Å². The molecule has 1 aliphatic rings. The van der Waals surface area contributed by atoms with E-state index in [4.69, 9.17) is 9.47 Å². The summed E-state index contributed by atoms with van der Waals surface area (Å²) in [5, 5.41) is 0. The number of benzene rings is 1. The number of hydrogen-bond donors (Lipinski definition) is 0. The summed E-state index contributed by atoms with van der Waals surface area (Å²) >= 11 is 0. The smallest absolute Gasteiger partial charge is 0.410 e. The minimum atomic E-state index is -0.523. The summed E-state index contributed by atoms with van der Waals surface area (Å²) in [6, 6.07) is 9.89. The quantitative estimate of drug-likeness (QED) is 0.778. The van der Waals surface area contributed by atoms with E-state index in [0.717, 1.165) is 22.4 Å². The topological polar surface area (TPSA) is 51.7 Å².